The summed E-state index contributed by atoms with van der Waals surface area (Å²) in [6.45, 7) is 5.69. The van der Waals surface area contributed by atoms with E-state index in [0.29, 0.717) is 37.6 Å². The van der Waals surface area contributed by atoms with Gasteiger partial charge in [0.05, 0.1) is 25.2 Å². The third-order valence-corrected chi connectivity index (χ3v) is 7.04. The molecular formula is C19H27N3O6S. The Morgan fingerprint density at radius 1 is 1.31 bits per heavy atom. The molecule has 3 rings (SSSR count). The molecule has 0 bridgehead atoms. The van der Waals surface area contributed by atoms with Gasteiger partial charge < -0.3 is 14.8 Å². The number of hydrogen-bond acceptors (Lipinski definition) is 7. The van der Waals surface area contributed by atoms with E-state index in [1.165, 1.54) is 19.2 Å². The number of sulfonamides is 1. The number of rotatable bonds is 7. The second-order valence-electron chi connectivity index (χ2n) is 7.13. The number of carbonyl (C=O) groups is 2. The molecule has 1 atom stereocenters. The molecule has 2 heterocycles. The van der Waals surface area contributed by atoms with Crippen LogP contribution in [0.1, 0.15) is 18.4 Å². The zero-order valence-electron chi connectivity index (χ0n) is 16.7. The van der Waals surface area contributed by atoms with Crippen LogP contribution in [-0.4, -0.2) is 82.0 Å². The van der Waals surface area contributed by atoms with Crippen LogP contribution in [0, 0.1) is 6.92 Å². The summed E-state index contributed by atoms with van der Waals surface area (Å²) in [6, 6.07) is 3.35. The van der Waals surface area contributed by atoms with E-state index in [0.717, 1.165) is 17.4 Å². The zero-order chi connectivity index (χ0) is 21.0. The molecule has 2 saturated heterocycles. The lowest BCUT2D eigenvalue weighted by Crippen LogP contribution is -2.49. The smallest absolute Gasteiger partial charge is 0.267 e. The molecule has 29 heavy (non-hydrogen) atoms. The lowest BCUT2D eigenvalue weighted by molar-refractivity contribution is -0.130. The second-order valence-corrected chi connectivity index (χ2v) is 8.94. The third-order valence-electron chi connectivity index (χ3n) is 5.22. The molecule has 2 aliphatic heterocycles. The summed E-state index contributed by atoms with van der Waals surface area (Å²) >= 11 is 0. The normalized spacial score (nSPS) is 20.7. The summed E-state index contributed by atoms with van der Waals surface area (Å²) in [6.07, 6.45) is 0.201. The Morgan fingerprint density at radius 3 is 2.69 bits per heavy atom. The lowest BCUT2D eigenvalue weighted by atomic mass is 10.2. The Hall–Kier alpha value is -2.17. The number of benzene rings is 1. The van der Waals surface area contributed by atoms with Crippen LogP contribution in [0.2, 0.25) is 0 Å². The van der Waals surface area contributed by atoms with Gasteiger partial charge in [-0.1, -0.05) is 0 Å². The van der Waals surface area contributed by atoms with Gasteiger partial charge in [0.25, 0.3) is 10.0 Å². The summed E-state index contributed by atoms with van der Waals surface area (Å²) in [7, 11) is -2.64. The van der Waals surface area contributed by atoms with E-state index in [1.807, 2.05) is 0 Å². The summed E-state index contributed by atoms with van der Waals surface area (Å²) < 4.78 is 37.4. The molecule has 0 aromatic heterocycles. The number of aryl methyl sites for hydroxylation is 1. The molecular weight excluding hydrogens is 398 g/mol. The van der Waals surface area contributed by atoms with Crippen LogP contribution < -0.4 is 10.1 Å². The number of carbonyl (C=O) groups excluding carboxylic acids is 2. The van der Waals surface area contributed by atoms with Crippen molar-refractivity contribution in [2.45, 2.75) is 30.7 Å². The fourth-order valence-corrected chi connectivity index (χ4v) is 5.29. The average Bonchev–Trinajstić information content (AvgIpc) is 3.11. The van der Waals surface area contributed by atoms with Crippen LogP contribution in [0.4, 0.5) is 0 Å². The molecule has 10 heteroatoms. The van der Waals surface area contributed by atoms with Crippen molar-refractivity contribution < 1.29 is 27.5 Å². The van der Waals surface area contributed by atoms with Crippen molar-refractivity contribution in [3.63, 3.8) is 0 Å². The molecule has 0 spiro atoms. The van der Waals surface area contributed by atoms with Crippen molar-refractivity contribution in [3.05, 3.63) is 23.8 Å². The number of amides is 2. The number of ether oxygens (including phenoxy) is 2. The first-order chi connectivity index (χ1) is 13.8. The van der Waals surface area contributed by atoms with E-state index in [4.69, 9.17) is 9.47 Å². The minimum Gasteiger partial charge on any atom is -0.496 e. The molecule has 0 saturated carbocycles. The maximum atomic E-state index is 13.1. The van der Waals surface area contributed by atoms with Crippen LogP contribution in [0.3, 0.4) is 0 Å². The van der Waals surface area contributed by atoms with Crippen LogP contribution in [-0.2, 0) is 24.3 Å². The van der Waals surface area contributed by atoms with Crippen molar-refractivity contribution in [2.24, 2.45) is 0 Å². The topological polar surface area (TPSA) is 105 Å². The monoisotopic (exact) mass is 425 g/mol. The molecule has 0 aliphatic carbocycles. The SMILES string of the molecule is COc1ccc(S(=O)(=O)N2C(=O)CC[C@@H]2C(=O)NCCN2CCOCC2)cc1C. The number of morpholine rings is 1. The largest absolute Gasteiger partial charge is 0.496 e. The highest BCUT2D eigenvalue weighted by Gasteiger charge is 2.44. The minimum absolute atomic E-state index is 0.0237. The summed E-state index contributed by atoms with van der Waals surface area (Å²) in [5.74, 6) is -0.459. The maximum Gasteiger partial charge on any atom is 0.267 e. The van der Waals surface area contributed by atoms with E-state index in [9.17, 15) is 18.0 Å². The number of nitrogens with zero attached hydrogens (tertiary/aromatic N) is 2. The summed E-state index contributed by atoms with van der Waals surface area (Å²) in [5, 5.41) is 2.78. The van der Waals surface area contributed by atoms with Crippen molar-refractivity contribution >= 4 is 21.8 Å². The van der Waals surface area contributed by atoms with Gasteiger partial charge in [0.1, 0.15) is 11.8 Å². The van der Waals surface area contributed by atoms with Gasteiger partial charge in [-0.3, -0.25) is 14.5 Å². The maximum absolute atomic E-state index is 13.1. The molecule has 2 fully saturated rings. The van der Waals surface area contributed by atoms with Gasteiger partial charge >= 0.3 is 0 Å². The highest BCUT2D eigenvalue weighted by atomic mass is 32.2. The molecule has 160 valence electrons. The molecule has 2 amide bonds. The second kappa shape index (κ2) is 9.10. The Kier molecular flexibility index (Phi) is 6.76. The fourth-order valence-electron chi connectivity index (χ4n) is 3.61. The molecule has 1 aromatic rings. The molecule has 9 nitrogen and oxygen atoms in total. The highest BCUT2D eigenvalue weighted by molar-refractivity contribution is 7.89. The summed E-state index contributed by atoms with van der Waals surface area (Å²) in [4.78, 5) is 27.1. The van der Waals surface area contributed by atoms with Crippen LogP contribution in [0.25, 0.3) is 0 Å². The Balaban J connectivity index is 1.70. The number of hydrogen-bond donors (Lipinski definition) is 1. The van der Waals surface area contributed by atoms with Crippen LogP contribution in [0.5, 0.6) is 5.75 Å². The third kappa shape index (κ3) is 4.71. The fraction of sp³-hybridized carbons (Fsp3) is 0.579. The Bertz CT molecular complexity index is 867. The number of methoxy groups -OCH3 is 1. The molecule has 1 aromatic carbocycles. The van der Waals surface area contributed by atoms with Gasteiger partial charge in [-0.2, -0.15) is 0 Å². The molecule has 2 aliphatic rings. The van der Waals surface area contributed by atoms with E-state index >= 15 is 0 Å². The Morgan fingerprint density at radius 2 is 2.03 bits per heavy atom. The van der Waals surface area contributed by atoms with Gasteiger partial charge in [-0.05, 0) is 37.1 Å². The van der Waals surface area contributed by atoms with Gasteiger partial charge in [-0.15, -0.1) is 0 Å². The van der Waals surface area contributed by atoms with Gasteiger partial charge in [0.15, 0.2) is 0 Å². The lowest BCUT2D eigenvalue weighted by Gasteiger charge is -2.27. The van der Waals surface area contributed by atoms with Crippen molar-refractivity contribution in [3.8, 4) is 5.75 Å². The average molecular weight is 426 g/mol. The predicted molar refractivity (Wildman–Crippen MR) is 105 cm³/mol. The van der Waals surface area contributed by atoms with E-state index in [2.05, 4.69) is 10.2 Å². The first-order valence-electron chi connectivity index (χ1n) is 9.64. The molecule has 0 radical (unpaired) electrons. The van der Waals surface area contributed by atoms with E-state index in [-0.39, 0.29) is 17.7 Å². The molecule has 1 N–H and O–H groups in total. The van der Waals surface area contributed by atoms with Gasteiger partial charge in [-0.25, -0.2) is 12.7 Å². The van der Waals surface area contributed by atoms with Gasteiger partial charge in [0, 0.05) is 32.6 Å². The van der Waals surface area contributed by atoms with Crippen molar-refractivity contribution in [2.75, 3.05) is 46.5 Å². The zero-order valence-corrected chi connectivity index (χ0v) is 17.5. The van der Waals surface area contributed by atoms with Crippen LogP contribution in [0.15, 0.2) is 23.1 Å². The minimum atomic E-state index is -4.13. The molecule has 0 unspecified atom stereocenters. The van der Waals surface area contributed by atoms with Crippen molar-refractivity contribution in [1.82, 2.24) is 14.5 Å². The van der Waals surface area contributed by atoms with Gasteiger partial charge in [0.2, 0.25) is 11.8 Å². The van der Waals surface area contributed by atoms with Crippen LogP contribution >= 0.6 is 0 Å². The standard InChI is InChI=1S/C19H27N3O6S/c1-14-13-15(3-5-17(14)27-2)29(25,26)22-16(4-6-18(22)23)19(24)20-7-8-21-9-11-28-12-10-21/h3,5,13,16H,4,6-12H2,1-2H3,(H,20,24)/t16-/m1/s1. The predicted octanol–water partition coefficient (Wildman–Crippen LogP) is 0.132. The first kappa shape index (κ1) is 21.5. The summed E-state index contributed by atoms with van der Waals surface area (Å²) in [5.41, 5.74) is 0.631. The van der Waals surface area contributed by atoms with E-state index in [1.54, 1.807) is 13.0 Å². The highest BCUT2D eigenvalue weighted by Crippen LogP contribution is 2.29. The number of nitrogens with one attached hydrogen (secondary N) is 1. The van der Waals surface area contributed by atoms with Crippen molar-refractivity contribution in [1.29, 1.82) is 0 Å². The quantitative estimate of drug-likeness (QED) is 0.662. The van der Waals surface area contributed by atoms with E-state index < -0.39 is 27.9 Å². The Labute approximate surface area is 171 Å². The first-order valence-corrected chi connectivity index (χ1v) is 11.1.